The molecule has 6 heteroatoms. The van der Waals surface area contributed by atoms with E-state index in [1.54, 1.807) is 17.8 Å². The van der Waals surface area contributed by atoms with Gasteiger partial charge in [-0.05, 0) is 11.8 Å². The number of anilines is 1. The Morgan fingerprint density at radius 3 is 3.07 bits per heavy atom. The van der Waals surface area contributed by atoms with Gasteiger partial charge in [0.15, 0.2) is 4.34 Å². The largest absolute Gasteiger partial charge is 0.466 e. The number of nitrogens with two attached hydrogens (primary N) is 1. The molecule has 0 fully saturated rings. The zero-order valence-corrected chi connectivity index (χ0v) is 10.2. The second-order valence-corrected chi connectivity index (χ2v) is 5.06. The molecule has 1 aromatic heterocycles. The van der Waals surface area contributed by atoms with Crippen LogP contribution < -0.4 is 5.73 Å². The molecule has 2 N–H and O–H groups in total. The molecule has 0 aliphatic rings. The third-order valence-electron chi connectivity index (χ3n) is 1.50. The Morgan fingerprint density at radius 1 is 1.73 bits per heavy atom. The van der Waals surface area contributed by atoms with Gasteiger partial charge < -0.3 is 10.5 Å². The number of aromatic nitrogens is 1. The minimum Gasteiger partial charge on any atom is -0.466 e. The highest BCUT2D eigenvalue weighted by Crippen LogP contribution is 2.29. The molecule has 0 aliphatic heterocycles. The van der Waals surface area contributed by atoms with E-state index >= 15 is 0 Å². The van der Waals surface area contributed by atoms with Gasteiger partial charge in [0.05, 0.1) is 12.0 Å². The fourth-order valence-electron chi connectivity index (χ4n) is 0.839. The summed E-state index contributed by atoms with van der Waals surface area (Å²) in [5.41, 5.74) is 5.68. The Morgan fingerprint density at radius 2 is 2.47 bits per heavy atom. The molecule has 82 valence electrons. The molecule has 0 saturated heterocycles. The standard InChI is InChI=1S/C9H12N2O2S2/c1-3-14-9-11-8(10)6(15-9)4-5-7(12)13-2/h4-5H,3,10H2,1-2H3/b5-4+. The number of carbonyl (C=O) groups excluding carboxylic acids is 1. The van der Waals surface area contributed by atoms with Crippen LogP contribution in [0.3, 0.4) is 0 Å². The van der Waals surface area contributed by atoms with Crippen molar-refractivity contribution in [2.75, 3.05) is 18.6 Å². The van der Waals surface area contributed by atoms with Crippen molar-refractivity contribution >= 4 is 41.0 Å². The molecule has 1 heterocycles. The minimum atomic E-state index is -0.396. The molecule has 1 rings (SSSR count). The van der Waals surface area contributed by atoms with Crippen molar-refractivity contribution in [1.82, 2.24) is 4.98 Å². The molecule has 0 bridgehead atoms. The van der Waals surface area contributed by atoms with Crippen molar-refractivity contribution in [3.8, 4) is 0 Å². The van der Waals surface area contributed by atoms with Crippen LogP contribution >= 0.6 is 23.1 Å². The quantitative estimate of drug-likeness (QED) is 0.498. The van der Waals surface area contributed by atoms with Crippen LogP contribution in [0.15, 0.2) is 10.4 Å². The lowest BCUT2D eigenvalue weighted by Crippen LogP contribution is -1.93. The van der Waals surface area contributed by atoms with Gasteiger partial charge >= 0.3 is 5.97 Å². The summed E-state index contributed by atoms with van der Waals surface area (Å²) >= 11 is 3.10. The third kappa shape index (κ3) is 3.56. The highest BCUT2D eigenvalue weighted by molar-refractivity contribution is 8.01. The van der Waals surface area contributed by atoms with E-state index in [1.165, 1.54) is 24.5 Å². The highest BCUT2D eigenvalue weighted by atomic mass is 32.2. The molecule has 0 amide bonds. The molecule has 15 heavy (non-hydrogen) atoms. The fraction of sp³-hybridized carbons (Fsp3) is 0.333. The second-order valence-electron chi connectivity index (χ2n) is 2.52. The van der Waals surface area contributed by atoms with E-state index in [4.69, 9.17) is 5.73 Å². The van der Waals surface area contributed by atoms with E-state index in [0.29, 0.717) is 5.82 Å². The van der Waals surface area contributed by atoms with Gasteiger partial charge in [-0.15, -0.1) is 11.3 Å². The van der Waals surface area contributed by atoms with E-state index in [0.717, 1.165) is 15.0 Å². The predicted octanol–water partition coefficient (Wildman–Crippen LogP) is 2.02. The summed E-state index contributed by atoms with van der Waals surface area (Å²) in [6, 6.07) is 0. The van der Waals surface area contributed by atoms with Crippen LogP contribution in [0.5, 0.6) is 0 Å². The van der Waals surface area contributed by atoms with E-state index in [-0.39, 0.29) is 0 Å². The molecule has 0 aliphatic carbocycles. The van der Waals surface area contributed by atoms with E-state index in [1.807, 2.05) is 6.92 Å². The van der Waals surface area contributed by atoms with Gasteiger partial charge in [0.2, 0.25) is 0 Å². The van der Waals surface area contributed by atoms with Crippen LogP contribution in [0.1, 0.15) is 11.8 Å². The zero-order chi connectivity index (χ0) is 11.3. The van der Waals surface area contributed by atoms with Crippen molar-refractivity contribution < 1.29 is 9.53 Å². The smallest absolute Gasteiger partial charge is 0.330 e. The van der Waals surface area contributed by atoms with Crippen LogP contribution in [0.25, 0.3) is 6.08 Å². The lowest BCUT2D eigenvalue weighted by molar-refractivity contribution is -0.134. The van der Waals surface area contributed by atoms with Crippen molar-refractivity contribution in [3.05, 3.63) is 11.0 Å². The Balaban J connectivity index is 2.76. The van der Waals surface area contributed by atoms with E-state index in [2.05, 4.69) is 9.72 Å². The second kappa shape index (κ2) is 5.77. The summed E-state index contributed by atoms with van der Waals surface area (Å²) in [6.45, 7) is 2.05. The molecule has 1 aromatic rings. The third-order valence-corrected chi connectivity index (χ3v) is 3.56. The normalized spacial score (nSPS) is 10.8. The maximum atomic E-state index is 10.9. The summed E-state index contributed by atoms with van der Waals surface area (Å²) < 4.78 is 5.39. The Bertz CT molecular complexity index is 374. The first kappa shape index (κ1) is 12.1. The number of nitrogens with zero attached hydrogens (tertiary/aromatic N) is 1. The van der Waals surface area contributed by atoms with Crippen LogP contribution in [0, 0.1) is 0 Å². The monoisotopic (exact) mass is 244 g/mol. The number of esters is 1. The van der Waals surface area contributed by atoms with Gasteiger partial charge in [0, 0.05) is 6.08 Å². The molecule has 0 atom stereocenters. The number of hydrogen-bond donors (Lipinski definition) is 1. The summed E-state index contributed by atoms with van der Waals surface area (Å²) in [5.74, 6) is 1.01. The zero-order valence-electron chi connectivity index (χ0n) is 8.52. The van der Waals surface area contributed by atoms with Crippen molar-refractivity contribution in [3.63, 3.8) is 0 Å². The van der Waals surface area contributed by atoms with Gasteiger partial charge in [-0.25, -0.2) is 9.78 Å². The number of nitrogen functional groups attached to an aromatic ring is 1. The number of thiazole rings is 1. The molecule has 0 unspecified atom stereocenters. The number of carbonyl (C=O) groups is 1. The van der Waals surface area contributed by atoms with Crippen LogP contribution in [0.4, 0.5) is 5.82 Å². The first-order valence-corrected chi connectivity index (χ1v) is 6.12. The van der Waals surface area contributed by atoms with Crippen LogP contribution in [0.2, 0.25) is 0 Å². The number of rotatable bonds is 4. The average Bonchev–Trinajstić information content (AvgIpc) is 2.56. The molecule has 0 radical (unpaired) electrons. The summed E-state index contributed by atoms with van der Waals surface area (Å²) in [6.07, 6.45) is 2.96. The van der Waals surface area contributed by atoms with Gasteiger partial charge in [-0.2, -0.15) is 0 Å². The van der Waals surface area contributed by atoms with Crippen LogP contribution in [-0.2, 0) is 9.53 Å². The highest BCUT2D eigenvalue weighted by Gasteiger charge is 2.05. The molecular weight excluding hydrogens is 232 g/mol. The number of methoxy groups -OCH3 is 1. The van der Waals surface area contributed by atoms with E-state index < -0.39 is 5.97 Å². The average molecular weight is 244 g/mol. The maximum Gasteiger partial charge on any atom is 0.330 e. The first-order chi connectivity index (χ1) is 7.17. The minimum absolute atomic E-state index is 0.396. The summed E-state index contributed by atoms with van der Waals surface area (Å²) in [5, 5.41) is 0. The Hall–Kier alpha value is -1.01. The predicted molar refractivity (Wildman–Crippen MR) is 64.0 cm³/mol. The SMILES string of the molecule is CCSc1nc(N)c(/C=C/C(=O)OC)s1. The van der Waals surface area contributed by atoms with Gasteiger partial charge in [-0.3, -0.25) is 0 Å². The fourth-order valence-corrected chi connectivity index (χ4v) is 2.73. The van der Waals surface area contributed by atoms with Crippen LogP contribution in [-0.4, -0.2) is 23.8 Å². The van der Waals surface area contributed by atoms with Crippen molar-refractivity contribution in [1.29, 1.82) is 0 Å². The molecule has 0 aromatic carbocycles. The Kier molecular flexibility index (Phi) is 4.64. The van der Waals surface area contributed by atoms with Crippen molar-refractivity contribution in [2.45, 2.75) is 11.3 Å². The van der Waals surface area contributed by atoms with Gasteiger partial charge in [0.25, 0.3) is 0 Å². The molecule has 0 spiro atoms. The molecule has 4 nitrogen and oxygen atoms in total. The van der Waals surface area contributed by atoms with Gasteiger partial charge in [0.1, 0.15) is 5.82 Å². The number of thioether (sulfide) groups is 1. The summed E-state index contributed by atoms with van der Waals surface area (Å²) in [4.78, 5) is 15.8. The summed E-state index contributed by atoms with van der Waals surface area (Å²) in [7, 11) is 1.33. The van der Waals surface area contributed by atoms with Crippen molar-refractivity contribution in [2.24, 2.45) is 0 Å². The lowest BCUT2D eigenvalue weighted by Gasteiger charge is -1.89. The van der Waals surface area contributed by atoms with E-state index in [9.17, 15) is 4.79 Å². The molecular formula is C9H12N2O2S2. The topological polar surface area (TPSA) is 65.2 Å². The number of ether oxygens (including phenoxy) is 1. The Labute approximate surface area is 96.5 Å². The number of hydrogen-bond acceptors (Lipinski definition) is 6. The first-order valence-electron chi connectivity index (χ1n) is 4.32. The molecule has 0 saturated carbocycles. The van der Waals surface area contributed by atoms with Gasteiger partial charge in [-0.1, -0.05) is 18.7 Å². The lowest BCUT2D eigenvalue weighted by atomic mass is 10.4. The maximum absolute atomic E-state index is 10.9.